The maximum absolute atomic E-state index is 10.6. The Kier molecular flexibility index (Phi) is 5.40. The van der Waals surface area contributed by atoms with Gasteiger partial charge in [-0.15, -0.1) is 10.2 Å². The van der Waals surface area contributed by atoms with E-state index in [9.17, 15) is 4.79 Å². The highest BCUT2D eigenvalue weighted by Gasteiger charge is 2.11. The van der Waals surface area contributed by atoms with E-state index in [1.807, 2.05) is 26.2 Å². The minimum atomic E-state index is -0.882. The highest BCUT2D eigenvalue weighted by atomic mass is 32.2. The average molecular weight is 310 g/mol. The molecule has 0 aliphatic carbocycles. The summed E-state index contributed by atoms with van der Waals surface area (Å²) >= 11 is 1.13. The molecule has 7 nitrogen and oxygen atoms in total. The van der Waals surface area contributed by atoms with Gasteiger partial charge in [-0.05, 0) is 32.6 Å². The fourth-order valence-electron chi connectivity index (χ4n) is 1.77. The molecule has 0 saturated heterocycles. The predicted octanol–water partition coefficient (Wildman–Crippen LogP) is 1.24. The Hall–Kier alpha value is -1.80. The number of fused-ring (bicyclic) bond motifs is 1. The first-order valence-electron chi connectivity index (χ1n) is 6.54. The molecule has 0 aliphatic heterocycles. The quantitative estimate of drug-likeness (QED) is 0.580. The summed E-state index contributed by atoms with van der Waals surface area (Å²) in [6.07, 6.45) is 2.72. The number of aromatic nitrogens is 3. The van der Waals surface area contributed by atoms with Gasteiger partial charge in [-0.1, -0.05) is 11.8 Å². The van der Waals surface area contributed by atoms with Gasteiger partial charge in [0.25, 0.3) is 0 Å². The minimum Gasteiger partial charge on any atom is -0.490 e. The van der Waals surface area contributed by atoms with Gasteiger partial charge in [-0.2, -0.15) is 0 Å². The van der Waals surface area contributed by atoms with Crippen molar-refractivity contribution >= 4 is 23.4 Å². The molecule has 0 bridgehead atoms. The number of thioether (sulfide) groups is 1. The molecule has 8 heteroatoms. The second-order valence-electron chi connectivity index (χ2n) is 4.74. The van der Waals surface area contributed by atoms with E-state index < -0.39 is 5.97 Å². The molecule has 0 unspecified atom stereocenters. The van der Waals surface area contributed by atoms with Crippen molar-refractivity contribution in [1.82, 2.24) is 19.5 Å². The van der Waals surface area contributed by atoms with Gasteiger partial charge in [0.15, 0.2) is 10.9 Å². The molecule has 2 rings (SSSR count). The van der Waals surface area contributed by atoms with Crippen LogP contribution in [0.1, 0.15) is 6.42 Å². The smallest absolute Gasteiger partial charge is 0.313 e. The van der Waals surface area contributed by atoms with Crippen molar-refractivity contribution in [2.45, 2.75) is 11.6 Å². The number of hydrogen-bond acceptors (Lipinski definition) is 6. The van der Waals surface area contributed by atoms with Crippen LogP contribution in [0.15, 0.2) is 23.5 Å². The van der Waals surface area contributed by atoms with Crippen LogP contribution in [0.2, 0.25) is 0 Å². The maximum atomic E-state index is 10.6. The molecular weight excluding hydrogens is 292 g/mol. The molecule has 2 aromatic heterocycles. The highest BCUT2D eigenvalue weighted by molar-refractivity contribution is 7.99. The Morgan fingerprint density at radius 3 is 3.00 bits per heavy atom. The number of nitrogens with zero attached hydrogens (tertiary/aromatic N) is 4. The van der Waals surface area contributed by atoms with Gasteiger partial charge in [0, 0.05) is 12.7 Å². The Balaban J connectivity index is 2.05. The van der Waals surface area contributed by atoms with E-state index in [2.05, 4.69) is 15.1 Å². The largest absolute Gasteiger partial charge is 0.490 e. The van der Waals surface area contributed by atoms with Crippen LogP contribution in [-0.4, -0.2) is 63.6 Å². The Morgan fingerprint density at radius 2 is 2.29 bits per heavy atom. The summed E-state index contributed by atoms with van der Waals surface area (Å²) in [5.41, 5.74) is 0.607. The monoisotopic (exact) mass is 310 g/mol. The zero-order chi connectivity index (χ0) is 15.2. The Morgan fingerprint density at radius 1 is 1.48 bits per heavy atom. The van der Waals surface area contributed by atoms with Gasteiger partial charge in [0.2, 0.25) is 5.65 Å². The van der Waals surface area contributed by atoms with E-state index in [4.69, 9.17) is 9.84 Å². The van der Waals surface area contributed by atoms with E-state index in [1.54, 1.807) is 10.6 Å². The van der Waals surface area contributed by atoms with Crippen molar-refractivity contribution in [3.8, 4) is 5.75 Å². The van der Waals surface area contributed by atoms with Crippen molar-refractivity contribution in [2.75, 3.05) is 33.0 Å². The molecule has 2 heterocycles. The fourth-order valence-corrected chi connectivity index (χ4v) is 2.41. The maximum Gasteiger partial charge on any atom is 0.313 e. The third-order valence-corrected chi connectivity index (χ3v) is 3.63. The number of pyridine rings is 1. The second kappa shape index (κ2) is 7.28. The molecule has 0 aliphatic rings. The van der Waals surface area contributed by atoms with E-state index in [0.717, 1.165) is 24.7 Å². The lowest BCUT2D eigenvalue weighted by molar-refractivity contribution is -0.133. The first kappa shape index (κ1) is 15.6. The summed E-state index contributed by atoms with van der Waals surface area (Å²) in [7, 11) is 4.04. The van der Waals surface area contributed by atoms with Crippen LogP contribution in [-0.2, 0) is 4.79 Å². The normalized spacial score (nSPS) is 11.2. The van der Waals surface area contributed by atoms with E-state index in [-0.39, 0.29) is 5.75 Å². The first-order chi connectivity index (χ1) is 10.1. The SMILES string of the molecule is CN(C)CCCOc1cccn2c(SCC(=O)O)nnc12. The fraction of sp³-hybridized carbons (Fsp3) is 0.462. The number of hydrogen-bond donors (Lipinski definition) is 1. The molecule has 0 spiro atoms. The van der Waals surface area contributed by atoms with Gasteiger partial charge >= 0.3 is 5.97 Å². The molecule has 0 saturated carbocycles. The van der Waals surface area contributed by atoms with Crippen molar-refractivity contribution in [3.63, 3.8) is 0 Å². The average Bonchev–Trinajstić information content (AvgIpc) is 2.85. The van der Waals surface area contributed by atoms with Gasteiger partial charge in [0.05, 0.1) is 12.4 Å². The van der Waals surface area contributed by atoms with Crippen LogP contribution in [0.3, 0.4) is 0 Å². The summed E-state index contributed by atoms with van der Waals surface area (Å²) in [6, 6.07) is 3.67. The molecule has 114 valence electrons. The standard InChI is InChI=1S/C13H18N4O3S/c1-16(2)6-4-8-20-10-5-3-7-17-12(10)14-15-13(17)21-9-11(18)19/h3,5,7H,4,6,8-9H2,1-2H3,(H,18,19). The lowest BCUT2D eigenvalue weighted by Gasteiger charge is -2.10. The number of carboxylic acids is 1. The first-order valence-corrected chi connectivity index (χ1v) is 7.52. The van der Waals surface area contributed by atoms with Crippen molar-refractivity contribution in [3.05, 3.63) is 18.3 Å². The Labute approximate surface area is 126 Å². The molecular formula is C13H18N4O3S. The van der Waals surface area contributed by atoms with Crippen LogP contribution in [0.5, 0.6) is 5.75 Å². The molecule has 0 amide bonds. The molecule has 21 heavy (non-hydrogen) atoms. The molecule has 0 aromatic carbocycles. The van der Waals surface area contributed by atoms with Crippen LogP contribution in [0, 0.1) is 0 Å². The van der Waals surface area contributed by atoms with Crippen molar-refractivity contribution in [2.24, 2.45) is 0 Å². The summed E-state index contributed by atoms with van der Waals surface area (Å²) in [4.78, 5) is 12.7. The van der Waals surface area contributed by atoms with Crippen molar-refractivity contribution < 1.29 is 14.6 Å². The van der Waals surface area contributed by atoms with Crippen LogP contribution in [0.25, 0.3) is 5.65 Å². The molecule has 0 fully saturated rings. The van der Waals surface area contributed by atoms with Gasteiger partial charge in [0.1, 0.15) is 0 Å². The van der Waals surface area contributed by atoms with Crippen LogP contribution < -0.4 is 4.74 Å². The molecule has 0 atom stereocenters. The van der Waals surface area contributed by atoms with Crippen LogP contribution in [0.4, 0.5) is 0 Å². The molecule has 0 radical (unpaired) electrons. The third-order valence-electron chi connectivity index (χ3n) is 2.70. The van der Waals surface area contributed by atoms with Crippen LogP contribution >= 0.6 is 11.8 Å². The molecule has 2 aromatic rings. The zero-order valence-electron chi connectivity index (χ0n) is 12.0. The summed E-state index contributed by atoms with van der Waals surface area (Å²) in [5, 5.41) is 17.4. The van der Waals surface area contributed by atoms with Gasteiger partial charge in [-0.3, -0.25) is 9.20 Å². The summed E-state index contributed by atoms with van der Waals surface area (Å²) in [5.74, 6) is -0.270. The van der Waals surface area contributed by atoms with Gasteiger partial charge < -0.3 is 14.7 Å². The summed E-state index contributed by atoms with van der Waals surface area (Å²) < 4.78 is 7.48. The lowest BCUT2D eigenvalue weighted by atomic mass is 10.4. The second-order valence-corrected chi connectivity index (χ2v) is 5.68. The third kappa shape index (κ3) is 4.33. The predicted molar refractivity (Wildman–Crippen MR) is 80.0 cm³/mol. The minimum absolute atomic E-state index is 0.0469. The Bertz CT molecular complexity index is 614. The number of ether oxygens (including phenoxy) is 1. The summed E-state index contributed by atoms with van der Waals surface area (Å²) in [6.45, 7) is 1.55. The zero-order valence-corrected chi connectivity index (χ0v) is 12.8. The number of rotatable bonds is 8. The number of carbonyl (C=O) groups is 1. The van der Waals surface area contributed by atoms with E-state index in [1.165, 1.54) is 0 Å². The highest BCUT2D eigenvalue weighted by Crippen LogP contribution is 2.23. The van der Waals surface area contributed by atoms with Crippen molar-refractivity contribution in [1.29, 1.82) is 0 Å². The lowest BCUT2D eigenvalue weighted by Crippen LogP contribution is -2.15. The molecule has 1 N–H and O–H groups in total. The number of carboxylic acid groups (broad SMARTS) is 1. The van der Waals surface area contributed by atoms with Gasteiger partial charge in [-0.25, -0.2) is 0 Å². The van der Waals surface area contributed by atoms with E-state index >= 15 is 0 Å². The topological polar surface area (TPSA) is 80.0 Å². The van der Waals surface area contributed by atoms with E-state index in [0.29, 0.717) is 23.2 Å². The number of aliphatic carboxylic acids is 1.